The van der Waals surface area contributed by atoms with Crippen molar-refractivity contribution in [1.82, 2.24) is 0 Å². The van der Waals surface area contributed by atoms with Gasteiger partial charge in [0.2, 0.25) is 0 Å². The zero-order chi connectivity index (χ0) is 47.0. The topological polar surface area (TPSA) is 78.9 Å². The van der Waals surface area contributed by atoms with Crippen LogP contribution in [0.3, 0.4) is 0 Å². The lowest BCUT2D eigenvalue weighted by Crippen LogP contribution is -2.30. The zero-order valence-corrected chi connectivity index (χ0v) is 44.1. The van der Waals surface area contributed by atoms with Gasteiger partial charge in [-0.25, -0.2) is 0 Å². The van der Waals surface area contributed by atoms with Gasteiger partial charge in [0.25, 0.3) is 0 Å². The number of hydrogen-bond donors (Lipinski definition) is 0. The van der Waals surface area contributed by atoms with Gasteiger partial charge in [0, 0.05) is 19.3 Å². The van der Waals surface area contributed by atoms with Crippen LogP contribution in [0, 0.1) is 17.8 Å². The summed E-state index contributed by atoms with van der Waals surface area (Å²) in [6, 6.07) is 0. The second kappa shape index (κ2) is 49.3. The van der Waals surface area contributed by atoms with E-state index in [1.54, 1.807) is 0 Å². The number of carbonyl (C=O) groups is 3. The highest BCUT2D eigenvalue weighted by atomic mass is 16.6. The standard InChI is InChI=1S/C58H112O6/c1-7-54(6)46-40-34-28-22-15-10-8-9-11-16-23-29-35-41-47-56(59)62-50-55(64-58(61)49-43-37-31-25-19-18-21-27-33-39-45-53(4)5)51-63-57(60)48-42-36-30-24-17-13-12-14-20-26-32-38-44-52(2)3/h52-55H,7-51H2,1-6H3/t54?,55-/m1/s1. The van der Waals surface area contributed by atoms with Crippen LogP contribution in [0.2, 0.25) is 0 Å². The lowest BCUT2D eigenvalue weighted by molar-refractivity contribution is -0.167. The SMILES string of the molecule is CCC(C)CCCCCCCCCCCCCCCCC(=O)OC[C@H](COC(=O)CCCCCCCCCCCCCCC(C)C)OC(=O)CCCCCCCCCCCCC(C)C. The van der Waals surface area contributed by atoms with E-state index in [1.807, 2.05) is 0 Å². The lowest BCUT2D eigenvalue weighted by Gasteiger charge is -2.18. The van der Waals surface area contributed by atoms with Gasteiger partial charge in [0.05, 0.1) is 0 Å². The fourth-order valence-electron chi connectivity index (χ4n) is 8.79. The Hall–Kier alpha value is -1.59. The van der Waals surface area contributed by atoms with E-state index in [1.165, 1.54) is 199 Å². The predicted molar refractivity (Wildman–Crippen MR) is 275 cm³/mol. The molecule has 0 radical (unpaired) electrons. The van der Waals surface area contributed by atoms with Crippen molar-refractivity contribution in [3.05, 3.63) is 0 Å². The Kier molecular flexibility index (Phi) is 48.1. The molecule has 0 amide bonds. The molecule has 0 aliphatic carbocycles. The van der Waals surface area contributed by atoms with Crippen LogP contribution in [-0.4, -0.2) is 37.2 Å². The zero-order valence-electron chi connectivity index (χ0n) is 44.1. The summed E-state index contributed by atoms with van der Waals surface area (Å²) in [7, 11) is 0. The number of carbonyl (C=O) groups excluding carboxylic acids is 3. The molecular weight excluding hydrogens is 793 g/mol. The average Bonchev–Trinajstić information content (AvgIpc) is 3.27. The van der Waals surface area contributed by atoms with Gasteiger partial charge in [-0.05, 0) is 37.0 Å². The molecular formula is C58H112O6. The van der Waals surface area contributed by atoms with Crippen LogP contribution in [0.5, 0.6) is 0 Å². The second-order valence-corrected chi connectivity index (χ2v) is 21.1. The Morgan fingerprint density at radius 2 is 0.547 bits per heavy atom. The van der Waals surface area contributed by atoms with Crippen LogP contribution in [0.25, 0.3) is 0 Å². The largest absolute Gasteiger partial charge is 0.462 e. The van der Waals surface area contributed by atoms with Crippen molar-refractivity contribution in [3.8, 4) is 0 Å². The molecule has 0 fully saturated rings. The fraction of sp³-hybridized carbons (Fsp3) is 0.948. The summed E-state index contributed by atoms with van der Waals surface area (Å²) >= 11 is 0. The first-order valence-corrected chi connectivity index (χ1v) is 28.6. The van der Waals surface area contributed by atoms with Crippen molar-refractivity contribution in [1.29, 1.82) is 0 Å². The fourth-order valence-corrected chi connectivity index (χ4v) is 8.79. The molecule has 0 N–H and O–H groups in total. The molecule has 1 unspecified atom stereocenters. The van der Waals surface area contributed by atoms with Gasteiger partial charge < -0.3 is 14.2 Å². The number of ether oxygens (including phenoxy) is 3. The molecule has 0 saturated carbocycles. The molecule has 0 aliphatic rings. The van der Waals surface area contributed by atoms with Gasteiger partial charge in [-0.2, -0.15) is 0 Å². The van der Waals surface area contributed by atoms with Crippen LogP contribution in [0.4, 0.5) is 0 Å². The highest BCUT2D eigenvalue weighted by molar-refractivity contribution is 5.71. The van der Waals surface area contributed by atoms with Gasteiger partial charge in [0.15, 0.2) is 6.10 Å². The number of esters is 3. The minimum absolute atomic E-state index is 0.0638. The molecule has 64 heavy (non-hydrogen) atoms. The van der Waals surface area contributed by atoms with Crippen LogP contribution in [0.1, 0.15) is 318 Å². The average molecular weight is 906 g/mol. The summed E-state index contributed by atoms with van der Waals surface area (Å²) in [5.41, 5.74) is 0. The maximum atomic E-state index is 12.8. The van der Waals surface area contributed by atoms with Crippen molar-refractivity contribution in [2.45, 2.75) is 324 Å². The van der Waals surface area contributed by atoms with Crippen molar-refractivity contribution < 1.29 is 28.6 Å². The van der Waals surface area contributed by atoms with Gasteiger partial charge in [-0.15, -0.1) is 0 Å². The summed E-state index contributed by atoms with van der Waals surface area (Å²) < 4.78 is 16.9. The van der Waals surface area contributed by atoms with Crippen molar-refractivity contribution >= 4 is 17.9 Å². The molecule has 6 heteroatoms. The van der Waals surface area contributed by atoms with Crippen LogP contribution in [0.15, 0.2) is 0 Å². The summed E-state index contributed by atoms with van der Waals surface area (Å²) in [5, 5.41) is 0. The van der Waals surface area contributed by atoms with Crippen LogP contribution < -0.4 is 0 Å². The van der Waals surface area contributed by atoms with Gasteiger partial charge in [0.1, 0.15) is 13.2 Å². The quantitative estimate of drug-likeness (QED) is 0.0344. The lowest BCUT2D eigenvalue weighted by atomic mass is 9.99. The Bertz CT molecular complexity index is 993. The van der Waals surface area contributed by atoms with Crippen LogP contribution in [-0.2, 0) is 28.6 Å². The third kappa shape index (κ3) is 49.8. The Morgan fingerprint density at radius 1 is 0.312 bits per heavy atom. The highest BCUT2D eigenvalue weighted by Gasteiger charge is 2.19. The first-order valence-electron chi connectivity index (χ1n) is 28.6. The van der Waals surface area contributed by atoms with E-state index in [2.05, 4.69) is 41.5 Å². The smallest absolute Gasteiger partial charge is 0.306 e. The molecule has 0 aliphatic heterocycles. The maximum Gasteiger partial charge on any atom is 0.306 e. The summed E-state index contributed by atoms with van der Waals surface area (Å²) in [4.78, 5) is 38.1. The van der Waals surface area contributed by atoms with Gasteiger partial charge in [-0.1, -0.05) is 279 Å². The summed E-state index contributed by atoms with van der Waals surface area (Å²) in [5.74, 6) is 1.70. The van der Waals surface area contributed by atoms with E-state index in [9.17, 15) is 14.4 Å². The van der Waals surface area contributed by atoms with Crippen molar-refractivity contribution in [2.24, 2.45) is 17.8 Å². The molecule has 2 atom stereocenters. The van der Waals surface area contributed by atoms with Crippen molar-refractivity contribution in [3.63, 3.8) is 0 Å². The molecule has 0 heterocycles. The van der Waals surface area contributed by atoms with Gasteiger partial charge in [-0.3, -0.25) is 14.4 Å². The Balaban J connectivity index is 4.29. The van der Waals surface area contributed by atoms with E-state index in [4.69, 9.17) is 14.2 Å². The normalized spacial score (nSPS) is 12.6. The minimum atomic E-state index is -0.763. The predicted octanol–water partition coefficient (Wildman–Crippen LogP) is 18.7. The Morgan fingerprint density at radius 3 is 0.812 bits per heavy atom. The van der Waals surface area contributed by atoms with E-state index in [-0.39, 0.29) is 31.1 Å². The highest BCUT2D eigenvalue weighted by Crippen LogP contribution is 2.19. The molecule has 0 aromatic carbocycles. The van der Waals surface area contributed by atoms with E-state index >= 15 is 0 Å². The molecule has 0 aromatic rings. The number of rotatable bonds is 51. The maximum absolute atomic E-state index is 12.8. The monoisotopic (exact) mass is 905 g/mol. The number of unbranched alkanes of at least 4 members (excludes halogenated alkanes) is 33. The minimum Gasteiger partial charge on any atom is -0.462 e. The molecule has 0 rings (SSSR count). The molecule has 0 spiro atoms. The number of hydrogen-bond acceptors (Lipinski definition) is 6. The molecule has 0 saturated heterocycles. The van der Waals surface area contributed by atoms with Crippen molar-refractivity contribution in [2.75, 3.05) is 13.2 Å². The van der Waals surface area contributed by atoms with Gasteiger partial charge >= 0.3 is 17.9 Å². The third-order valence-electron chi connectivity index (χ3n) is 13.5. The van der Waals surface area contributed by atoms with E-state index < -0.39 is 6.10 Å². The summed E-state index contributed by atoms with van der Waals surface area (Å²) in [6.45, 7) is 13.8. The summed E-state index contributed by atoms with van der Waals surface area (Å²) in [6.07, 6.45) is 50.9. The Labute approximate surface area is 399 Å². The molecule has 6 nitrogen and oxygen atoms in total. The van der Waals surface area contributed by atoms with E-state index in [0.717, 1.165) is 75.5 Å². The molecule has 0 bridgehead atoms. The first-order chi connectivity index (χ1) is 31.1. The first kappa shape index (κ1) is 62.4. The van der Waals surface area contributed by atoms with E-state index in [0.29, 0.717) is 19.3 Å². The van der Waals surface area contributed by atoms with Crippen LogP contribution >= 0.6 is 0 Å². The molecule has 380 valence electrons. The second-order valence-electron chi connectivity index (χ2n) is 21.1. The molecule has 0 aromatic heterocycles. The third-order valence-corrected chi connectivity index (χ3v) is 13.5.